The quantitative estimate of drug-likeness (QED) is 0.435. The summed E-state index contributed by atoms with van der Waals surface area (Å²) in [7, 11) is -3.92. The first kappa shape index (κ1) is 14.6. The summed E-state index contributed by atoms with van der Waals surface area (Å²) in [4.78, 5) is 10.6. The van der Waals surface area contributed by atoms with Gasteiger partial charge in [-0.2, -0.15) is 12.8 Å². The second kappa shape index (κ2) is 6.44. The van der Waals surface area contributed by atoms with Crippen molar-refractivity contribution in [3.05, 3.63) is 34.7 Å². The van der Waals surface area contributed by atoms with Gasteiger partial charge in [0.1, 0.15) is 0 Å². The van der Waals surface area contributed by atoms with Crippen LogP contribution in [0.3, 0.4) is 0 Å². The zero-order valence-electron chi connectivity index (χ0n) is 10.0. The lowest BCUT2D eigenvalue weighted by atomic mass is 10.2. The highest BCUT2D eigenvalue weighted by atomic mass is 32.2. The first-order valence-electron chi connectivity index (χ1n) is 5.51. The lowest BCUT2D eigenvalue weighted by molar-refractivity contribution is 0.390. The summed E-state index contributed by atoms with van der Waals surface area (Å²) >= 11 is 0. The molecule has 0 unspecified atom stereocenters. The van der Waals surface area contributed by atoms with Crippen LogP contribution >= 0.6 is 0 Å². The van der Waals surface area contributed by atoms with E-state index in [4.69, 9.17) is 0 Å². The Bertz CT molecular complexity index is 488. The molecule has 0 saturated carbocycles. The van der Waals surface area contributed by atoms with Crippen LogP contribution in [0.1, 0.15) is 18.4 Å². The first-order valence-corrected chi connectivity index (χ1v) is 6.95. The topological polar surface area (TPSA) is 66.8 Å². The fourth-order valence-corrected chi connectivity index (χ4v) is 2.56. The molecule has 18 heavy (non-hydrogen) atoms. The summed E-state index contributed by atoms with van der Waals surface area (Å²) in [5.74, 6) is 0. The van der Waals surface area contributed by atoms with Crippen molar-refractivity contribution < 1.29 is 12.8 Å². The Morgan fingerprint density at radius 3 is 2.33 bits per heavy atom. The molecule has 0 aliphatic rings. The second-order valence-electron chi connectivity index (χ2n) is 3.84. The molecule has 1 rings (SSSR count). The Kier molecular flexibility index (Phi) is 5.21. The van der Waals surface area contributed by atoms with Crippen LogP contribution in [0.2, 0.25) is 0 Å². The second-order valence-corrected chi connectivity index (χ2v) is 5.68. The van der Waals surface area contributed by atoms with E-state index >= 15 is 0 Å². The van der Waals surface area contributed by atoms with Gasteiger partial charge in [-0.05, 0) is 31.9 Å². The van der Waals surface area contributed by atoms with Crippen molar-refractivity contribution in [1.82, 2.24) is 4.41 Å². The van der Waals surface area contributed by atoms with E-state index in [1.54, 1.807) is 12.1 Å². The van der Waals surface area contributed by atoms with Gasteiger partial charge in [-0.3, -0.25) is 4.39 Å². The maximum Gasteiger partial charge on any atom is 0.281 e. The summed E-state index contributed by atoms with van der Waals surface area (Å²) in [6.07, 6.45) is 0.461. The molecule has 0 radical (unpaired) electrons. The Labute approximate surface area is 106 Å². The van der Waals surface area contributed by atoms with Crippen LogP contribution < -0.4 is 0 Å². The summed E-state index contributed by atoms with van der Waals surface area (Å²) in [5, 5.41) is 2.50. The minimum atomic E-state index is -3.92. The Balaban J connectivity index is 2.89. The molecule has 0 atom stereocenters. The Morgan fingerprint density at radius 1 is 1.22 bits per heavy atom. The number of nitrogens with zero attached hydrogens (tertiary/aromatic N) is 2. The predicted molar refractivity (Wildman–Crippen MR) is 66.1 cm³/mol. The van der Waals surface area contributed by atoms with E-state index in [0.717, 1.165) is 5.56 Å². The molecule has 1 aromatic rings. The van der Waals surface area contributed by atoms with Gasteiger partial charge in [0.05, 0.1) is 23.4 Å². The molecule has 0 aliphatic heterocycles. The van der Waals surface area contributed by atoms with Crippen molar-refractivity contribution in [3.63, 3.8) is 0 Å². The molecule has 0 aliphatic carbocycles. The number of alkyl halides is 1. The normalized spacial score (nSPS) is 11.2. The van der Waals surface area contributed by atoms with Gasteiger partial charge in [-0.25, -0.2) is 0 Å². The van der Waals surface area contributed by atoms with Crippen LogP contribution in [0.15, 0.2) is 34.4 Å². The molecule has 0 heterocycles. The Hall–Kier alpha value is -1.50. The van der Waals surface area contributed by atoms with Crippen LogP contribution in [0.25, 0.3) is 0 Å². The minimum Gasteiger partial charge on any atom is -0.251 e. The number of sulfonamides is 1. The van der Waals surface area contributed by atoms with E-state index in [9.17, 15) is 17.7 Å². The van der Waals surface area contributed by atoms with Crippen molar-refractivity contribution in [2.45, 2.75) is 24.7 Å². The maximum absolute atomic E-state index is 12.0. The van der Waals surface area contributed by atoms with E-state index in [2.05, 4.69) is 5.29 Å². The SMILES string of the molecule is Cc1ccc(S(=O)(=O)N(CCCCF)N=O)cc1. The van der Waals surface area contributed by atoms with E-state index in [1.165, 1.54) is 12.1 Å². The van der Waals surface area contributed by atoms with E-state index in [1.807, 2.05) is 6.92 Å². The van der Waals surface area contributed by atoms with Gasteiger partial charge in [0.25, 0.3) is 10.0 Å². The number of benzene rings is 1. The molecule has 0 spiro atoms. The van der Waals surface area contributed by atoms with E-state index < -0.39 is 16.7 Å². The van der Waals surface area contributed by atoms with Crippen molar-refractivity contribution in [2.75, 3.05) is 13.2 Å². The lowest BCUT2D eigenvalue weighted by Gasteiger charge is -2.15. The number of aryl methyl sites for hydroxylation is 1. The number of hydrogen-bond donors (Lipinski definition) is 0. The molecule has 0 bridgehead atoms. The first-order chi connectivity index (χ1) is 8.52. The average molecular weight is 274 g/mol. The summed E-state index contributed by atoms with van der Waals surface area (Å²) in [5.41, 5.74) is 0.914. The fourth-order valence-electron chi connectivity index (χ4n) is 1.38. The molecule has 0 fully saturated rings. The zero-order valence-corrected chi connectivity index (χ0v) is 10.9. The number of nitroso groups, excluding NO2 is 1. The number of rotatable bonds is 7. The van der Waals surface area contributed by atoms with Gasteiger partial charge in [-0.1, -0.05) is 17.7 Å². The summed E-state index contributed by atoms with van der Waals surface area (Å²) in [6, 6.07) is 6.10. The lowest BCUT2D eigenvalue weighted by Crippen LogP contribution is -2.26. The van der Waals surface area contributed by atoms with Crippen molar-refractivity contribution in [3.8, 4) is 0 Å². The highest BCUT2D eigenvalue weighted by Gasteiger charge is 2.23. The summed E-state index contributed by atoms with van der Waals surface area (Å²) < 4.78 is 36.4. The molecule has 0 amide bonds. The molecule has 100 valence electrons. The van der Waals surface area contributed by atoms with Crippen LogP contribution in [0.5, 0.6) is 0 Å². The largest absolute Gasteiger partial charge is 0.281 e. The number of hydrogen-bond acceptors (Lipinski definition) is 4. The number of unbranched alkanes of at least 4 members (excludes halogenated alkanes) is 1. The monoisotopic (exact) mass is 274 g/mol. The molecule has 1 aromatic carbocycles. The standard InChI is InChI=1S/C11H15FN2O3S/c1-10-4-6-11(7-5-10)18(16,17)14(13-15)9-3-2-8-12/h4-7H,2-3,8-9H2,1H3. The third kappa shape index (κ3) is 3.49. The molecule has 0 saturated heterocycles. The van der Waals surface area contributed by atoms with Crippen LogP contribution in [-0.2, 0) is 10.0 Å². The third-order valence-electron chi connectivity index (χ3n) is 2.42. The third-order valence-corrected chi connectivity index (χ3v) is 4.09. The zero-order chi connectivity index (χ0) is 13.6. The van der Waals surface area contributed by atoms with Crippen LogP contribution in [-0.4, -0.2) is 26.1 Å². The highest BCUT2D eigenvalue weighted by Crippen LogP contribution is 2.17. The van der Waals surface area contributed by atoms with E-state index in [-0.39, 0.29) is 24.3 Å². The molecule has 0 N–H and O–H groups in total. The van der Waals surface area contributed by atoms with E-state index in [0.29, 0.717) is 4.41 Å². The minimum absolute atomic E-state index is 0.00736. The van der Waals surface area contributed by atoms with Crippen LogP contribution in [0.4, 0.5) is 4.39 Å². The van der Waals surface area contributed by atoms with Gasteiger partial charge < -0.3 is 0 Å². The van der Waals surface area contributed by atoms with Gasteiger partial charge in [0, 0.05) is 0 Å². The van der Waals surface area contributed by atoms with Crippen LogP contribution in [0, 0.1) is 11.8 Å². The predicted octanol–water partition coefficient (Wildman–Crippen LogP) is 2.42. The molecular formula is C11H15FN2O3S. The van der Waals surface area contributed by atoms with Crippen molar-refractivity contribution >= 4 is 10.0 Å². The highest BCUT2D eigenvalue weighted by molar-refractivity contribution is 7.89. The smallest absolute Gasteiger partial charge is 0.251 e. The van der Waals surface area contributed by atoms with Crippen molar-refractivity contribution in [2.24, 2.45) is 5.29 Å². The van der Waals surface area contributed by atoms with Crippen molar-refractivity contribution in [1.29, 1.82) is 0 Å². The summed E-state index contributed by atoms with van der Waals surface area (Å²) in [6.45, 7) is 1.17. The number of halogens is 1. The van der Waals surface area contributed by atoms with Gasteiger partial charge in [-0.15, -0.1) is 4.91 Å². The average Bonchev–Trinajstić information content (AvgIpc) is 2.35. The van der Waals surface area contributed by atoms with Gasteiger partial charge >= 0.3 is 0 Å². The molecule has 0 aromatic heterocycles. The molecule has 5 nitrogen and oxygen atoms in total. The maximum atomic E-state index is 12.0. The van der Waals surface area contributed by atoms with Gasteiger partial charge in [0.2, 0.25) is 0 Å². The Morgan fingerprint density at radius 2 is 1.83 bits per heavy atom. The fraction of sp³-hybridized carbons (Fsp3) is 0.455. The molecular weight excluding hydrogens is 259 g/mol. The van der Waals surface area contributed by atoms with Gasteiger partial charge in [0.15, 0.2) is 0 Å². The molecule has 7 heteroatoms.